The maximum atomic E-state index is 9.66. The van der Waals surface area contributed by atoms with Crippen molar-refractivity contribution < 1.29 is 0 Å². The smallest absolute Gasteiger partial charge is 0.0991 e. The number of hydrogen-bond acceptors (Lipinski definition) is 1. The number of nitrogens with zero attached hydrogens (tertiary/aromatic N) is 3. The molecule has 0 aliphatic rings. The number of para-hydroxylation sites is 3. The lowest BCUT2D eigenvalue weighted by Gasteiger charge is -2.14. The molecular formula is C53H33N3. The molecule has 9 aromatic carbocycles. The topological polar surface area (TPSA) is 33.6 Å². The second-order valence-corrected chi connectivity index (χ2v) is 14.5. The van der Waals surface area contributed by atoms with Gasteiger partial charge in [0, 0.05) is 32.9 Å². The minimum absolute atomic E-state index is 0.657. The molecule has 260 valence electrons. The SMILES string of the molecule is N#Cc1cccc(-c2cc(-c3cccc(-n4c5ccccc5c5cc(-c6ccc7c8ccccc8n(-c8ccccc8)c7c6)ccc54)c3)cc3ccccc23)c1. The average molecular weight is 712 g/mol. The van der Waals surface area contributed by atoms with Crippen molar-refractivity contribution >= 4 is 54.4 Å². The number of benzene rings is 9. The molecule has 0 saturated heterocycles. The molecule has 0 spiro atoms. The van der Waals surface area contributed by atoms with E-state index in [1.165, 1.54) is 65.5 Å². The van der Waals surface area contributed by atoms with Crippen molar-refractivity contribution in [2.24, 2.45) is 0 Å². The van der Waals surface area contributed by atoms with E-state index in [2.05, 4.69) is 197 Å². The lowest BCUT2D eigenvalue weighted by atomic mass is 9.92. The van der Waals surface area contributed by atoms with E-state index in [4.69, 9.17) is 0 Å². The second-order valence-electron chi connectivity index (χ2n) is 14.5. The van der Waals surface area contributed by atoms with Crippen LogP contribution in [0.4, 0.5) is 0 Å². The minimum atomic E-state index is 0.657. The summed E-state index contributed by atoms with van der Waals surface area (Å²) in [6.07, 6.45) is 0. The summed E-state index contributed by atoms with van der Waals surface area (Å²) in [6.45, 7) is 0. The Morgan fingerprint density at radius 1 is 0.321 bits per heavy atom. The molecule has 0 amide bonds. The number of nitriles is 1. The van der Waals surface area contributed by atoms with Gasteiger partial charge in [0.25, 0.3) is 0 Å². The van der Waals surface area contributed by atoms with E-state index in [0.29, 0.717) is 5.56 Å². The number of aromatic nitrogens is 2. The lowest BCUT2D eigenvalue weighted by Crippen LogP contribution is -1.95. The molecule has 2 heterocycles. The minimum Gasteiger partial charge on any atom is -0.309 e. The second kappa shape index (κ2) is 12.7. The number of fused-ring (bicyclic) bond motifs is 7. The molecular weight excluding hydrogens is 679 g/mol. The van der Waals surface area contributed by atoms with Crippen LogP contribution >= 0.6 is 0 Å². The highest BCUT2D eigenvalue weighted by Crippen LogP contribution is 2.40. The highest BCUT2D eigenvalue weighted by atomic mass is 15.0. The predicted octanol–water partition coefficient (Wildman–Crippen LogP) is 13.9. The lowest BCUT2D eigenvalue weighted by molar-refractivity contribution is 1.18. The van der Waals surface area contributed by atoms with Crippen LogP contribution in [-0.2, 0) is 0 Å². The zero-order chi connectivity index (χ0) is 37.2. The van der Waals surface area contributed by atoms with Crippen LogP contribution in [0.1, 0.15) is 5.56 Å². The first-order chi connectivity index (χ1) is 27.7. The highest BCUT2D eigenvalue weighted by Gasteiger charge is 2.17. The van der Waals surface area contributed by atoms with Gasteiger partial charge in [-0.1, -0.05) is 121 Å². The van der Waals surface area contributed by atoms with Crippen molar-refractivity contribution in [3.8, 4) is 50.8 Å². The van der Waals surface area contributed by atoms with Gasteiger partial charge in [-0.3, -0.25) is 0 Å². The summed E-state index contributed by atoms with van der Waals surface area (Å²) in [5.41, 5.74) is 14.5. The van der Waals surface area contributed by atoms with Crippen molar-refractivity contribution in [1.29, 1.82) is 5.26 Å². The molecule has 2 aromatic heterocycles. The standard InChI is InChI=1S/C53H33N3/c54-34-35-12-10-15-39(28-35)48-32-41(29-40-13-4-5-19-44(40)48)36-14-11-18-43(30-36)56-51-23-9-7-21-46(51)49-31-37(25-27-52(49)56)38-24-26-47-45-20-6-8-22-50(45)55(53(47)33-38)42-16-2-1-3-17-42/h1-33H. The first kappa shape index (κ1) is 31.8. The molecule has 11 aromatic rings. The van der Waals surface area contributed by atoms with Crippen LogP contribution in [0.2, 0.25) is 0 Å². The molecule has 11 rings (SSSR count). The Balaban J connectivity index is 1.06. The third kappa shape index (κ3) is 5.05. The van der Waals surface area contributed by atoms with Gasteiger partial charge in [-0.2, -0.15) is 5.26 Å². The Morgan fingerprint density at radius 3 is 1.73 bits per heavy atom. The zero-order valence-electron chi connectivity index (χ0n) is 30.4. The average Bonchev–Trinajstić information content (AvgIpc) is 3.78. The van der Waals surface area contributed by atoms with Gasteiger partial charge in [-0.05, 0) is 123 Å². The molecule has 0 atom stereocenters. The normalized spacial score (nSPS) is 11.6. The summed E-state index contributed by atoms with van der Waals surface area (Å²) in [5.74, 6) is 0. The van der Waals surface area contributed by atoms with Crippen LogP contribution in [0, 0.1) is 11.3 Å². The predicted molar refractivity (Wildman–Crippen MR) is 234 cm³/mol. The summed E-state index contributed by atoms with van der Waals surface area (Å²) in [4.78, 5) is 0. The van der Waals surface area contributed by atoms with E-state index in [1.54, 1.807) is 0 Å². The molecule has 0 unspecified atom stereocenters. The first-order valence-electron chi connectivity index (χ1n) is 19.0. The van der Waals surface area contributed by atoms with Gasteiger partial charge in [-0.15, -0.1) is 0 Å². The highest BCUT2D eigenvalue weighted by molar-refractivity contribution is 6.12. The fourth-order valence-corrected chi connectivity index (χ4v) is 8.73. The monoisotopic (exact) mass is 711 g/mol. The molecule has 0 radical (unpaired) electrons. The number of rotatable bonds is 5. The molecule has 3 nitrogen and oxygen atoms in total. The summed E-state index contributed by atoms with van der Waals surface area (Å²) in [7, 11) is 0. The van der Waals surface area contributed by atoms with Crippen LogP contribution in [-0.4, -0.2) is 9.13 Å². The van der Waals surface area contributed by atoms with Gasteiger partial charge in [-0.25, -0.2) is 0 Å². The first-order valence-corrected chi connectivity index (χ1v) is 19.0. The molecule has 56 heavy (non-hydrogen) atoms. The summed E-state index contributed by atoms with van der Waals surface area (Å²) in [6, 6.07) is 74.0. The quantitative estimate of drug-likeness (QED) is 0.175. The fraction of sp³-hybridized carbons (Fsp3) is 0. The van der Waals surface area contributed by atoms with Crippen LogP contribution in [0.5, 0.6) is 0 Å². The van der Waals surface area contributed by atoms with Crippen LogP contribution in [0.3, 0.4) is 0 Å². The van der Waals surface area contributed by atoms with Crippen LogP contribution in [0.15, 0.2) is 200 Å². The maximum absolute atomic E-state index is 9.66. The van der Waals surface area contributed by atoms with Gasteiger partial charge in [0.05, 0.1) is 33.7 Å². The Hall–Kier alpha value is -7.67. The third-order valence-electron chi connectivity index (χ3n) is 11.3. The van der Waals surface area contributed by atoms with E-state index >= 15 is 0 Å². The number of hydrogen-bond donors (Lipinski definition) is 0. The molecule has 3 heteroatoms. The van der Waals surface area contributed by atoms with E-state index in [-0.39, 0.29) is 0 Å². The maximum Gasteiger partial charge on any atom is 0.0991 e. The molecule has 0 bridgehead atoms. The van der Waals surface area contributed by atoms with Crippen LogP contribution < -0.4 is 0 Å². The fourth-order valence-electron chi connectivity index (χ4n) is 8.73. The van der Waals surface area contributed by atoms with Crippen LogP contribution in [0.25, 0.3) is 99.1 Å². The van der Waals surface area contributed by atoms with Crippen molar-refractivity contribution in [2.45, 2.75) is 0 Å². The zero-order valence-corrected chi connectivity index (χ0v) is 30.4. The molecule has 0 saturated carbocycles. The van der Waals surface area contributed by atoms with E-state index in [1.807, 2.05) is 18.2 Å². The van der Waals surface area contributed by atoms with Crippen molar-refractivity contribution in [3.05, 3.63) is 206 Å². The van der Waals surface area contributed by atoms with Crippen molar-refractivity contribution in [2.75, 3.05) is 0 Å². The van der Waals surface area contributed by atoms with Gasteiger partial charge in [0.2, 0.25) is 0 Å². The van der Waals surface area contributed by atoms with Crippen molar-refractivity contribution in [3.63, 3.8) is 0 Å². The Bertz CT molecular complexity index is 3380. The molecule has 0 aliphatic heterocycles. The van der Waals surface area contributed by atoms with Gasteiger partial charge < -0.3 is 9.13 Å². The summed E-state index contributed by atoms with van der Waals surface area (Å²) < 4.78 is 4.78. The van der Waals surface area contributed by atoms with E-state index in [9.17, 15) is 5.26 Å². The molecule has 0 aliphatic carbocycles. The van der Waals surface area contributed by atoms with E-state index < -0.39 is 0 Å². The van der Waals surface area contributed by atoms with Gasteiger partial charge >= 0.3 is 0 Å². The molecule has 0 fully saturated rings. The third-order valence-corrected chi connectivity index (χ3v) is 11.3. The molecule has 0 N–H and O–H groups in total. The Labute approximate surface area is 324 Å². The Kier molecular flexibility index (Phi) is 7.23. The van der Waals surface area contributed by atoms with Crippen molar-refractivity contribution in [1.82, 2.24) is 9.13 Å². The van der Waals surface area contributed by atoms with Gasteiger partial charge in [0.15, 0.2) is 0 Å². The van der Waals surface area contributed by atoms with E-state index in [0.717, 1.165) is 33.6 Å². The largest absolute Gasteiger partial charge is 0.309 e. The van der Waals surface area contributed by atoms with Gasteiger partial charge in [0.1, 0.15) is 0 Å². The Morgan fingerprint density at radius 2 is 0.911 bits per heavy atom. The summed E-state index contributed by atoms with van der Waals surface area (Å²) in [5, 5.41) is 16.9. The summed E-state index contributed by atoms with van der Waals surface area (Å²) >= 11 is 0.